The number of aliphatic carboxylic acids is 1. The van der Waals surface area contributed by atoms with Crippen LogP contribution in [0.5, 0.6) is 0 Å². The second kappa shape index (κ2) is 6.89. The van der Waals surface area contributed by atoms with E-state index in [4.69, 9.17) is 0 Å². The molecule has 110 valence electrons. The molecule has 0 radical (unpaired) electrons. The summed E-state index contributed by atoms with van der Waals surface area (Å²) in [6.45, 7) is 7.92. The van der Waals surface area contributed by atoms with Gasteiger partial charge < -0.3 is 15.3 Å². The Kier molecular flexibility index (Phi) is 5.79. The number of carbonyl (C=O) groups is 2. The lowest BCUT2D eigenvalue weighted by atomic mass is 9.76. The SMILES string of the molecule is CCNC(C)CC(=O)N1CCC(CC)(C(=O)O)CC1. The van der Waals surface area contributed by atoms with Gasteiger partial charge in [0, 0.05) is 25.6 Å². The van der Waals surface area contributed by atoms with E-state index in [-0.39, 0.29) is 11.9 Å². The number of carbonyl (C=O) groups excluding carboxylic acids is 1. The maximum absolute atomic E-state index is 12.1. The fourth-order valence-corrected chi connectivity index (χ4v) is 2.71. The van der Waals surface area contributed by atoms with Crippen molar-refractivity contribution in [3.05, 3.63) is 0 Å². The molecule has 1 fully saturated rings. The van der Waals surface area contributed by atoms with E-state index in [0.717, 1.165) is 6.54 Å². The number of nitrogens with zero attached hydrogens (tertiary/aromatic N) is 1. The third-order valence-electron chi connectivity index (χ3n) is 4.24. The van der Waals surface area contributed by atoms with Crippen molar-refractivity contribution >= 4 is 11.9 Å². The van der Waals surface area contributed by atoms with Gasteiger partial charge >= 0.3 is 5.97 Å². The van der Waals surface area contributed by atoms with Crippen LogP contribution in [0.1, 0.15) is 46.5 Å². The molecule has 0 saturated carbocycles. The molecule has 5 nitrogen and oxygen atoms in total. The Hall–Kier alpha value is -1.10. The van der Waals surface area contributed by atoms with Gasteiger partial charge in [0.1, 0.15) is 0 Å². The summed E-state index contributed by atoms with van der Waals surface area (Å²) < 4.78 is 0. The summed E-state index contributed by atoms with van der Waals surface area (Å²) >= 11 is 0. The molecule has 1 rings (SSSR count). The first kappa shape index (κ1) is 16.0. The summed E-state index contributed by atoms with van der Waals surface area (Å²) in [5.41, 5.74) is -0.621. The Bertz CT molecular complexity index is 323. The van der Waals surface area contributed by atoms with Gasteiger partial charge in [-0.2, -0.15) is 0 Å². The van der Waals surface area contributed by atoms with Crippen LogP contribution in [0.4, 0.5) is 0 Å². The van der Waals surface area contributed by atoms with Gasteiger partial charge in [0.25, 0.3) is 0 Å². The molecule has 1 heterocycles. The molecule has 1 aliphatic rings. The molecular weight excluding hydrogens is 244 g/mol. The summed E-state index contributed by atoms with van der Waals surface area (Å²) in [7, 11) is 0. The lowest BCUT2D eigenvalue weighted by Crippen LogP contribution is -2.47. The first-order valence-electron chi connectivity index (χ1n) is 7.19. The zero-order chi connectivity index (χ0) is 14.5. The summed E-state index contributed by atoms with van der Waals surface area (Å²) in [5, 5.41) is 12.5. The number of nitrogens with one attached hydrogen (secondary N) is 1. The molecule has 1 saturated heterocycles. The predicted octanol–water partition coefficient (Wildman–Crippen LogP) is 1.48. The Labute approximate surface area is 115 Å². The number of carboxylic acid groups (broad SMARTS) is 1. The average molecular weight is 270 g/mol. The molecule has 0 bridgehead atoms. The first-order valence-corrected chi connectivity index (χ1v) is 7.19. The van der Waals surface area contributed by atoms with Crippen molar-refractivity contribution in [2.45, 2.75) is 52.5 Å². The highest BCUT2D eigenvalue weighted by Crippen LogP contribution is 2.35. The Morgan fingerprint density at radius 2 is 1.89 bits per heavy atom. The summed E-state index contributed by atoms with van der Waals surface area (Å²) in [6.07, 6.45) is 2.26. The third-order valence-corrected chi connectivity index (χ3v) is 4.24. The zero-order valence-corrected chi connectivity index (χ0v) is 12.2. The smallest absolute Gasteiger partial charge is 0.309 e. The number of likely N-dealkylation sites (tertiary alicyclic amines) is 1. The van der Waals surface area contributed by atoms with Crippen LogP contribution in [-0.4, -0.2) is 47.6 Å². The highest BCUT2D eigenvalue weighted by molar-refractivity contribution is 5.78. The van der Waals surface area contributed by atoms with Crippen molar-refractivity contribution < 1.29 is 14.7 Å². The van der Waals surface area contributed by atoms with Gasteiger partial charge in [0.05, 0.1) is 5.41 Å². The molecule has 1 amide bonds. The van der Waals surface area contributed by atoms with Crippen molar-refractivity contribution in [2.75, 3.05) is 19.6 Å². The fraction of sp³-hybridized carbons (Fsp3) is 0.857. The molecule has 0 spiro atoms. The standard InChI is InChI=1S/C14H26N2O3/c1-4-14(13(18)19)6-8-16(9-7-14)12(17)10-11(3)15-5-2/h11,15H,4-10H2,1-3H3,(H,18,19). The first-order chi connectivity index (χ1) is 8.95. The highest BCUT2D eigenvalue weighted by atomic mass is 16.4. The topological polar surface area (TPSA) is 69.6 Å². The van der Waals surface area contributed by atoms with Crippen molar-refractivity contribution in [2.24, 2.45) is 5.41 Å². The second-order valence-electron chi connectivity index (χ2n) is 5.48. The van der Waals surface area contributed by atoms with Crippen molar-refractivity contribution in [3.63, 3.8) is 0 Å². The van der Waals surface area contributed by atoms with Crippen LogP contribution in [0.3, 0.4) is 0 Å². The van der Waals surface area contributed by atoms with Gasteiger partial charge in [-0.25, -0.2) is 0 Å². The summed E-state index contributed by atoms with van der Waals surface area (Å²) in [4.78, 5) is 25.2. The number of rotatable bonds is 6. The largest absolute Gasteiger partial charge is 0.481 e. The van der Waals surface area contributed by atoms with E-state index < -0.39 is 11.4 Å². The van der Waals surface area contributed by atoms with Crippen LogP contribution >= 0.6 is 0 Å². The molecule has 2 N–H and O–H groups in total. The molecular formula is C14H26N2O3. The molecule has 0 aromatic rings. The van der Waals surface area contributed by atoms with Crippen LogP contribution < -0.4 is 5.32 Å². The van der Waals surface area contributed by atoms with E-state index in [1.807, 2.05) is 25.7 Å². The maximum Gasteiger partial charge on any atom is 0.309 e. The zero-order valence-electron chi connectivity index (χ0n) is 12.2. The fourth-order valence-electron chi connectivity index (χ4n) is 2.71. The van der Waals surface area contributed by atoms with Crippen LogP contribution in [0.2, 0.25) is 0 Å². The van der Waals surface area contributed by atoms with E-state index in [1.165, 1.54) is 0 Å². The Balaban J connectivity index is 2.49. The summed E-state index contributed by atoms with van der Waals surface area (Å²) in [6, 6.07) is 0.176. The quantitative estimate of drug-likeness (QED) is 0.767. The highest BCUT2D eigenvalue weighted by Gasteiger charge is 2.40. The minimum atomic E-state index is -0.719. The van der Waals surface area contributed by atoms with Gasteiger partial charge in [-0.1, -0.05) is 13.8 Å². The number of amides is 1. The van der Waals surface area contributed by atoms with E-state index in [0.29, 0.717) is 38.8 Å². The van der Waals surface area contributed by atoms with Gasteiger partial charge in [-0.3, -0.25) is 9.59 Å². The minimum Gasteiger partial charge on any atom is -0.481 e. The summed E-state index contributed by atoms with van der Waals surface area (Å²) in [5.74, 6) is -0.591. The predicted molar refractivity (Wildman–Crippen MR) is 73.9 cm³/mol. The monoisotopic (exact) mass is 270 g/mol. The molecule has 0 aliphatic carbocycles. The van der Waals surface area contributed by atoms with E-state index in [9.17, 15) is 14.7 Å². The van der Waals surface area contributed by atoms with Crippen LogP contribution in [-0.2, 0) is 9.59 Å². The average Bonchev–Trinajstić information content (AvgIpc) is 2.38. The van der Waals surface area contributed by atoms with Crippen LogP contribution in [0.25, 0.3) is 0 Å². The third kappa shape index (κ3) is 3.93. The molecule has 19 heavy (non-hydrogen) atoms. The van der Waals surface area contributed by atoms with Crippen molar-refractivity contribution in [1.82, 2.24) is 10.2 Å². The number of carboxylic acids is 1. The van der Waals surface area contributed by atoms with Gasteiger partial charge in [-0.05, 0) is 32.7 Å². The maximum atomic E-state index is 12.1. The number of piperidine rings is 1. The van der Waals surface area contributed by atoms with E-state index >= 15 is 0 Å². The Morgan fingerprint density at radius 3 is 2.32 bits per heavy atom. The van der Waals surface area contributed by atoms with E-state index in [2.05, 4.69) is 5.32 Å². The Morgan fingerprint density at radius 1 is 1.32 bits per heavy atom. The van der Waals surface area contributed by atoms with Crippen LogP contribution in [0.15, 0.2) is 0 Å². The van der Waals surface area contributed by atoms with Crippen molar-refractivity contribution in [3.8, 4) is 0 Å². The second-order valence-corrected chi connectivity index (χ2v) is 5.48. The molecule has 0 aromatic carbocycles. The molecule has 1 aliphatic heterocycles. The number of hydrogen-bond acceptors (Lipinski definition) is 3. The normalized spacial score (nSPS) is 20.1. The van der Waals surface area contributed by atoms with Crippen LogP contribution in [0, 0.1) is 5.41 Å². The number of hydrogen-bond donors (Lipinski definition) is 2. The van der Waals surface area contributed by atoms with E-state index in [1.54, 1.807) is 0 Å². The molecule has 0 aromatic heterocycles. The lowest BCUT2D eigenvalue weighted by Gasteiger charge is -2.38. The van der Waals surface area contributed by atoms with Gasteiger partial charge in [-0.15, -0.1) is 0 Å². The minimum absolute atomic E-state index is 0.128. The van der Waals surface area contributed by atoms with Gasteiger partial charge in [0.15, 0.2) is 0 Å². The molecule has 1 unspecified atom stereocenters. The molecule has 5 heteroatoms. The lowest BCUT2D eigenvalue weighted by molar-refractivity contribution is -0.154. The van der Waals surface area contributed by atoms with Crippen molar-refractivity contribution in [1.29, 1.82) is 0 Å². The van der Waals surface area contributed by atoms with Gasteiger partial charge in [0.2, 0.25) is 5.91 Å². The molecule has 1 atom stereocenters.